The molecule has 2 aliphatic rings. The molecule has 18 heavy (non-hydrogen) atoms. The second-order valence-electron chi connectivity index (χ2n) is 5.71. The summed E-state index contributed by atoms with van der Waals surface area (Å²) in [5, 5.41) is 7.20. The highest BCUT2D eigenvalue weighted by Gasteiger charge is 2.36. The maximum absolute atomic E-state index is 4.60. The maximum Gasteiger partial charge on any atom is 0.110 e. The summed E-state index contributed by atoms with van der Waals surface area (Å²) in [6.45, 7) is 6.93. The van der Waals surface area contributed by atoms with Crippen LogP contribution in [0.4, 0.5) is 0 Å². The summed E-state index contributed by atoms with van der Waals surface area (Å²) in [5.74, 6) is 0. The topological polar surface area (TPSA) is 28.2 Å². The van der Waals surface area contributed by atoms with Crippen LogP contribution in [0.25, 0.3) is 0 Å². The van der Waals surface area contributed by atoms with Gasteiger partial charge < -0.3 is 5.32 Å². The van der Waals surface area contributed by atoms with Gasteiger partial charge in [0.2, 0.25) is 0 Å². The van der Waals surface area contributed by atoms with E-state index in [4.69, 9.17) is 0 Å². The number of nitrogens with one attached hydrogen (secondary N) is 1. The lowest BCUT2D eigenvalue weighted by Crippen LogP contribution is -2.45. The third-order valence-corrected chi connectivity index (χ3v) is 5.47. The van der Waals surface area contributed by atoms with Gasteiger partial charge in [-0.2, -0.15) is 0 Å². The molecule has 3 nitrogen and oxygen atoms in total. The normalized spacial score (nSPS) is 30.3. The summed E-state index contributed by atoms with van der Waals surface area (Å²) in [7, 11) is 0. The molecule has 0 bridgehead atoms. The minimum atomic E-state index is 0.399. The molecule has 3 atom stereocenters. The van der Waals surface area contributed by atoms with Crippen LogP contribution in [0.2, 0.25) is 0 Å². The van der Waals surface area contributed by atoms with Crippen LogP contribution in [-0.2, 0) is 0 Å². The Morgan fingerprint density at radius 1 is 1.39 bits per heavy atom. The Hall–Kier alpha value is -0.450. The number of aryl methyl sites for hydroxylation is 1. The van der Waals surface area contributed by atoms with Crippen molar-refractivity contribution < 1.29 is 0 Å². The Morgan fingerprint density at radius 3 is 3.06 bits per heavy atom. The van der Waals surface area contributed by atoms with Crippen molar-refractivity contribution in [3.05, 3.63) is 16.1 Å². The molecule has 3 unspecified atom stereocenters. The van der Waals surface area contributed by atoms with Crippen LogP contribution in [0.1, 0.15) is 49.4 Å². The van der Waals surface area contributed by atoms with Crippen molar-refractivity contribution in [1.82, 2.24) is 15.2 Å². The zero-order valence-corrected chi connectivity index (χ0v) is 12.2. The number of hydrogen-bond donors (Lipinski definition) is 1. The van der Waals surface area contributed by atoms with Gasteiger partial charge in [0.15, 0.2) is 0 Å². The van der Waals surface area contributed by atoms with E-state index in [-0.39, 0.29) is 0 Å². The second kappa shape index (κ2) is 5.27. The molecule has 0 aromatic carbocycles. The second-order valence-corrected chi connectivity index (χ2v) is 6.60. The van der Waals surface area contributed by atoms with Crippen molar-refractivity contribution in [3.8, 4) is 0 Å². The SMILES string of the molecule is Cc1csc(C(C)NC2CCN3CCCCC23)n1. The standard InChI is InChI=1S/C14H23N3S/c1-10-9-18-14(15-10)11(2)16-12-6-8-17-7-4-3-5-13(12)17/h9,11-13,16H,3-8H2,1-2H3. The van der Waals surface area contributed by atoms with E-state index in [1.165, 1.54) is 43.8 Å². The third-order valence-electron chi connectivity index (χ3n) is 4.33. The Bertz CT molecular complexity index is 403. The number of fused-ring (bicyclic) bond motifs is 1. The molecule has 2 aliphatic heterocycles. The Morgan fingerprint density at radius 2 is 2.28 bits per heavy atom. The van der Waals surface area contributed by atoms with Crippen LogP contribution < -0.4 is 5.32 Å². The molecular weight excluding hydrogens is 242 g/mol. The van der Waals surface area contributed by atoms with E-state index in [9.17, 15) is 0 Å². The molecule has 4 heteroatoms. The molecule has 2 fully saturated rings. The summed E-state index contributed by atoms with van der Waals surface area (Å²) in [4.78, 5) is 7.28. The van der Waals surface area contributed by atoms with E-state index in [2.05, 4.69) is 34.4 Å². The highest BCUT2D eigenvalue weighted by Crippen LogP contribution is 2.29. The average Bonchev–Trinajstić information content (AvgIpc) is 2.97. The highest BCUT2D eigenvalue weighted by atomic mass is 32.1. The van der Waals surface area contributed by atoms with Gasteiger partial charge in [0.25, 0.3) is 0 Å². The fourth-order valence-corrected chi connectivity index (χ4v) is 4.22. The Labute approximate surface area is 114 Å². The van der Waals surface area contributed by atoms with Crippen LogP contribution in [0.5, 0.6) is 0 Å². The Kier molecular flexibility index (Phi) is 3.68. The van der Waals surface area contributed by atoms with E-state index in [1.54, 1.807) is 11.3 Å². The average molecular weight is 265 g/mol. The first-order chi connectivity index (χ1) is 8.74. The van der Waals surface area contributed by atoms with E-state index >= 15 is 0 Å². The number of rotatable bonds is 3. The molecule has 1 aromatic rings. The molecule has 0 aliphatic carbocycles. The predicted molar refractivity (Wildman–Crippen MR) is 76.0 cm³/mol. The molecule has 0 amide bonds. The predicted octanol–water partition coefficient (Wildman–Crippen LogP) is 2.73. The number of nitrogens with zero attached hydrogens (tertiary/aromatic N) is 2. The Balaban J connectivity index is 1.62. The maximum atomic E-state index is 4.60. The summed E-state index contributed by atoms with van der Waals surface area (Å²) >= 11 is 1.78. The molecule has 1 aromatic heterocycles. The molecule has 0 spiro atoms. The number of aromatic nitrogens is 1. The molecule has 3 rings (SSSR count). The van der Waals surface area contributed by atoms with Crippen molar-refractivity contribution in [3.63, 3.8) is 0 Å². The van der Waals surface area contributed by atoms with Crippen LogP contribution in [-0.4, -0.2) is 35.1 Å². The van der Waals surface area contributed by atoms with Gasteiger partial charge in [-0.25, -0.2) is 4.98 Å². The van der Waals surface area contributed by atoms with Crippen LogP contribution in [0, 0.1) is 6.92 Å². The fraction of sp³-hybridized carbons (Fsp3) is 0.786. The van der Waals surface area contributed by atoms with Crippen molar-refractivity contribution in [2.24, 2.45) is 0 Å². The lowest BCUT2D eigenvalue weighted by molar-refractivity contribution is 0.177. The summed E-state index contributed by atoms with van der Waals surface area (Å²) in [5.41, 5.74) is 1.15. The van der Waals surface area contributed by atoms with Gasteiger partial charge in [-0.1, -0.05) is 6.42 Å². The zero-order chi connectivity index (χ0) is 12.5. The number of thiazole rings is 1. The molecular formula is C14H23N3S. The summed E-state index contributed by atoms with van der Waals surface area (Å²) < 4.78 is 0. The van der Waals surface area contributed by atoms with E-state index < -0.39 is 0 Å². The van der Waals surface area contributed by atoms with Gasteiger partial charge in [-0.15, -0.1) is 11.3 Å². The van der Waals surface area contributed by atoms with E-state index in [0.717, 1.165) is 11.7 Å². The minimum absolute atomic E-state index is 0.399. The van der Waals surface area contributed by atoms with Gasteiger partial charge >= 0.3 is 0 Å². The largest absolute Gasteiger partial charge is 0.304 e. The van der Waals surface area contributed by atoms with Crippen LogP contribution in [0.15, 0.2) is 5.38 Å². The first kappa shape index (κ1) is 12.6. The highest BCUT2D eigenvalue weighted by molar-refractivity contribution is 7.09. The first-order valence-corrected chi connectivity index (χ1v) is 8.04. The number of piperidine rings is 1. The van der Waals surface area contributed by atoms with Crippen LogP contribution in [0.3, 0.4) is 0 Å². The molecule has 0 radical (unpaired) electrons. The number of hydrogen-bond acceptors (Lipinski definition) is 4. The van der Waals surface area contributed by atoms with Crippen molar-refractivity contribution >= 4 is 11.3 Å². The smallest absolute Gasteiger partial charge is 0.110 e. The lowest BCUT2D eigenvalue weighted by Gasteiger charge is -2.33. The molecule has 3 heterocycles. The summed E-state index contributed by atoms with van der Waals surface area (Å²) in [6, 6.07) is 1.85. The van der Waals surface area contributed by atoms with Gasteiger partial charge in [0.05, 0.1) is 6.04 Å². The van der Waals surface area contributed by atoms with Crippen LogP contribution >= 0.6 is 11.3 Å². The molecule has 1 N–H and O–H groups in total. The quantitative estimate of drug-likeness (QED) is 0.911. The van der Waals surface area contributed by atoms with Gasteiger partial charge in [-0.3, -0.25) is 4.90 Å². The van der Waals surface area contributed by atoms with Crippen molar-refractivity contribution in [2.45, 2.75) is 57.7 Å². The first-order valence-electron chi connectivity index (χ1n) is 7.16. The lowest BCUT2D eigenvalue weighted by atomic mass is 9.98. The molecule has 2 saturated heterocycles. The molecule has 100 valence electrons. The monoisotopic (exact) mass is 265 g/mol. The molecule has 0 saturated carbocycles. The summed E-state index contributed by atoms with van der Waals surface area (Å²) in [6.07, 6.45) is 5.48. The van der Waals surface area contributed by atoms with Gasteiger partial charge in [0, 0.05) is 29.7 Å². The van der Waals surface area contributed by atoms with Crippen molar-refractivity contribution in [1.29, 1.82) is 0 Å². The van der Waals surface area contributed by atoms with E-state index in [1.807, 2.05) is 0 Å². The third kappa shape index (κ3) is 2.46. The van der Waals surface area contributed by atoms with Gasteiger partial charge in [0.1, 0.15) is 5.01 Å². The zero-order valence-electron chi connectivity index (χ0n) is 11.4. The van der Waals surface area contributed by atoms with Crippen molar-refractivity contribution in [2.75, 3.05) is 13.1 Å². The van der Waals surface area contributed by atoms with Gasteiger partial charge in [-0.05, 0) is 39.7 Å². The fourth-order valence-electron chi connectivity index (χ4n) is 3.41. The minimum Gasteiger partial charge on any atom is -0.304 e. The van der Waals surface area contributed by atoms with E-state index in [0.29, 0.717) is 12.1 Å².